The molecule has 156 valence electrons. The lowest BCUT2D eigenvalue weighted by Crippen LogP contribution is -2.41. The largest absolute Gasteiger partial charge is 0.497 e. The summed E-state index contributed by atoms with van der Waals surface area (Å²) in [6.45, 7) is 0.890. The SMILES string of the molecule is COc1ccc(CN2[C@@H]3CC[C@H]2CC(c2nc(-c4ccncc4)no2)C3)c(OC)c1. The van der Waals surface area contributed by atoms with Gasteiger partial charge in [0.2, 0.25) is 11.7 Å². The van der Waals surface area contributed by atoms with E-state index in [0.29, 0.717) is 23.8 Å². The number of piperidine rings is 1. The van der Waals surface area contributed by atoms with Gasteiger partial charge in [-0.2, -0.15) is 4.98 Å². The minimum atomic E-state index is 0.319. The highest BCUT2D eigenvalue weighted by Crippen LogP contribution is 2.44. The Labute approximate surface area is 176 Å². The van der Waals surface area contributed by atoms with Crippen LogP contribution in [0.4, 0.5) is 0 Å². The normalized spacial score (nSPS) is 23.5. The maximum absolute atomic E-state index is 5.66. The molecular weight excluding hydrogens is 380 g/mol. The Balaban J connectivity index is 1.31. The maximum atomic E-state index is 5.66. The molecule has 2 aliphatic rings. The molecule has 0 saturated carbocycles. The summed E-state index contributed by atoms with van der Waals surface area (Å²) >= 11 is 0. The Morgan fingerprint density at radius 3 is 2.50 bits per heavy atom. The van der Waals surface area contributed by atoms with E-state index in [9.17, 15) is 0 Å². The maximum Gasteiger partial charge on any atom is 0.230 e. The average Bonchev–Trinajstić information content (AvgIpc) is 3.37. The number of hydrogen-bond acceptors (Lipinski definition) is 7. The van der Waals surface area contributed by atoms with E-state index < -0.39 is 0 Å². The van der Waals surface area contributed by atoms with Gasteiger partial charge in [0.1, 0.15) is 11.5 Å². The Hall–Kier alpha value is -2.93. The van der Waals surface area contributed by atoms with Crippen molar-refractivity contribution >= 4 is 0 Å². The average molecular weight is 406 g/mol. The van der Waals surface area contributed by atoms with E-state index in [-0.39, 0.29) is 0 Å². The standard InChI is InChI=1S/C23H26N4O3/c1-28-20-6-3-16(21(13-20)29-2)14-27-18-4-5-19(27)12-17(11-18)23-25-22(26-30-23)15-7-9-24-10-8-15/h3,6-10,13,17-19H,4-5,11-12,14H2,1-2H3/t17?,18-,19+. The number of methoxy groups -OCH3 is 2. The Morgan fingerprint density at radius 1 is 1.03 bits per heavy atom. The minimum absolute atomic E-state index is 0.319. The van der Waals surface area contributed by atoms with Crippen molar-refractivity contribution < 1.29 is 14.0 Å². The van der Waals surface area contributed by atoms with Crippen molar-refractivity contribution in [2.24, 2.45) is 0 Å². The van der Waals surface area contributed by atoms with Gasteiger partial charge in [0.15, 0.2) is 0 Å². The quantitative estimate of drug-likeness (QED) is 0.611. The molecule has 0 spiro atoms. The molecule has 1 unspecified atom stereocenters. The number of benzene rings is 1. The van der Waals surface area contributed by atoms with E-state index in [2.05, 4.69) is 21.1 Å². The Kier molecular flexibility index (Phi) is 5.12. The highest BCUT2D eigenvalue weighted by molar-refractivity contribution is 5.52. The van der Waals surface area contributed by atoms with E-state index in [1.165, 1.54) is 18.4 Å². The molecule has 2 saturated heterocycles. The second-order valence-corrected chi connectivity index (χ2v) is 8.10. The topological polar surface area (TPSA) is 73.5 Å². The van der Waals surface area contributed by atoms with Crippen molar-refractivity contribution in [1.29, 1.82) is 0 Å². The fourth-order valence-electron chi connectivity index (χ4n) is 4.93. The molecule has 0 N–H and O–H groups in total. The molecule has 7 heteroatoms. The van der Waals surface area contributed by atoms with Crippen molar-refractivity contribution in [2.45, 2.75) is 50.2 Å². The molecule has 2 bridgehead atoms. The molecule has 2 fully saturated rings. The second kappa shape index (κ2) is 8.07. The van der Waals surface area contributed by atoms with Gasteiger partial charge in [0.05, 0.1) is 14.2 Å². The van der Waals surface area contributed by atoms with Crippen molar-refractivity contribution in [3.63, 3.8) is 0 Å². The molecule has 2 aromatic heterocycles. The zero-order valence-corrected chi connectivity index (χ0v) is 17.3. The van der Waals surface area contributed by atoms with Gasteiger partial charge >= 0.3 is 0 Å². The summed E-state index contributed by atoms with van der Waals surface area (Å²) in [7, 11) is 3.39. The van der Waals surface area contributed by atoms with Gasteiger partial charge in [-0.25, -0.2) is 0 Å². The van der Waals surface area contributed by atoms with Gasteiger partial charge < -0.3 is 14.0 Å². The fourth-order valence-corrected chi connectivity index (χ4v) is 4.93. The summed E-state index contributed by atoms with van der Waals surface area (Å²) < 4.78 is 16.6. The highest BCUT2D eigenvalue weighted by Gasteiger charge is 2.43. The zero-order chi connectivity index (χ0) is 20.5. The van der Waals surface area contributed by atoms with Crippen LogP contribution < -0.4 is 9.47 Å². The lowest BCUT2D eigenvalue weighted by Gasteiger charge is -2.38. The lowest BCUT2D eigenvalue weighted by molar-refractivity contribution is 0.108. The predicted molar refractivity (Wildman–Crippen MR) is 111 cm³/mol. The van der Waals surface area contributed by atoms with E-state index in [0.717, 1.165) is 42.3 Å². The molecular formula is C23H26N4O3. The first-order valence-corrected chi connectivity index (χ1v) is 10.5. The van der Waals surface area contributed by atoms with Crippen molar-refractivity contribution in [1.82, 2.24) is 20.0 Å². The van der Waals surface area contributed by atoms with Crippen molar-refractivity contribution in [3.8, 4) is 22.9 Å². The number of aromatic nitrogens is 3. The zero-order valence-electron chi connectivity index (χ0n) is 17.3. The first kappa shape index (κ1) is 19.1. The van der Waals surface area contributed by atoms with E-state index in [1.807, 2.05) is 24.3 Å². The molecule has 7 nitrogen and oxygen atoms in total. The number of fused-ring (bicyclic) bond motifs is 2. The summed E-state index contributed by atoms with van der Waals surface area (Å²) in [6.07, 6.45) is 8.02. The first-order chi connectivity index (χ1) is 14.7. The highest BCUT2D eigenvalue weighted by atomic mass is 16.5. The summed E-state index contributed by atoms with van der Waals surface area (Å²) in [6, 6.07) is 10.9. The van der Waals surface area contributed by atoms with Crippen LogP contribution in [0, 0.1) is 0 Å². The predicted octanol–water partition coefficient (Wildman–Crippen LogP) is 4.06. The summed E-state index contributed by atoms with van der Waals surface area (Å²) in [5.41, 5.74) is 2.14. The second-order valence-electron chi connectivity index (χ2n) is 8.10. The third-order valence-corrected chi connectivity index (χ3v) is 6.46. The van der Waals surface area contributed by atoms with Gasteiger partial charge in [0.25, 0.3) is 0 Å². The molecule has 4 heterocycles. The molecule has 0 aliphatic carbocycles. The third kappa shape index (κ3) is 3.54. The van der Waals surface area contributed by atoms with Crippen LogP contribution in [0.15, 0.2) is 47.2 Å². The Bertz CT molecular complexity index is 993. The minimum Gasteiger partial charge on any atom is -0.497 e. The number of pyridine rings is 1. The van der Waals surface area contributed by atoms with Gasteiger partial charge in [0, 0.05) is 54.1 Å². The van der Waals surface area contributed by atoms with Gasteiger partial charge in [-0.1, -0.05) is 11.2 Å². The molecule has 0 amide bonds. The van der Waals surface area contributed by atoms with Crippen LogP contribution in [0.2, 0.25) is 0 Å². The number of ether oxygens (including phenoxy) is 2. The van der Waals surface area contributed by atoms with Crippen LogP contribution in [-0.2, 0) is 6.54 Å². The van der Waals surface area contributed by atoms with E-state index >= 15 is 0 Å². The van der Waals surface area contributed by atoms with Crippen molar-refractivity contribution in [3.05, 3.63) is 54.2 Å². The molecule has 3 atom stereocenters. The number of nitrogens with zero attached hydrogens (tertiary/aromatic N) is 4. The van der Waals surface area contributed by atoms with Gasteiger partial charge in [-0.05, 0) is 43.9 Å². The number of rotatable bonds is 6. The van der Waals surface area contributed by atoms with E-state index in [1.54, 1.807) is 26.6 Å². The number of hydrogen-bond donors (Lipinski definition) is 0. The Morgan fingerprint density at radius 2 is 1.80 bits per heavy atom. The molecule has 2 aliphatic heterocycles. The molecule has 3 aromatic rings. The molecule has 5 rings (SSSR count). The third-order valence-electron chi connectivity index (χ3n) is 6.46. The fraction of sp³-hybridized carbons (Fsp3) is 0.435. The van der Waals surface area contributed by atoms with Crippen LogP contribution in [0.25, 0.3) is 11.4 Å². The summed E-state index contributed by atoms with van der Waals surface area (Å²) in [4.78, 5) is 11.4. The molecule has 0 radical (unpaired) electrons. The van der Waals surface area contributed by atoms with Crippen LogP contribution in [0.1, 0.15) is 43.1 Å². The summed E-state index contributed by atoms with van der Waals surface area (Å²) in [5, 5.41) is 4.20. The van der Waals surface area contributed by atoms with Crippen LogP contribution >= 0.6 is 0 Å². The smallest absolute Gasteiger partial charge is 0.230 e. The lowest BCUT2D eigenvalue weighted by atomic mass is 9.90. The van der Waals surface area contributed by atoms with Crippen LogP contribution in [-0.4, -0.2) is 46.3 Å². The van der Waals surface area contributed by atoms with Crippen LogP contribution in [0.3, 0.4) is 0 Å². The first-order valence-electron chi connectivity index (χ1n) is 10.5. The van der Waals surface area contributed by atoms with Crippen LogP contribution in [0.5, 0.6) is 11.5 Å². The van der Waals surface area contributed by atoms with Gasteiger partial charge in [-0.15, -0.1) is 0 Å². The van der Waals surface area contributed by atoms with Crippen molar-refractivity contribution in [2.75, 3.05) is 14.2 Å². The van der Waals surface area contributed by atoms with E-state index in [4.69, 9.17) is 19.0 Å². The van der Waals surface area contributed by atoms with Gasteiger partial charge in [-0.3, -0.25) is 9.88 Å². The molecule has 1 aromatic carbocycles. The monoisotopic (exact) mass is 406 g/mol. The molecule has 30 heavy (non-hydrogen) atoms. The summed E-state index contributed by atoms with van der Waals surface area (Å²) in [5.74, 6) is 3.43.